The van der Waals surface area contributed by atoms with Gasteiger partial charge in [0, 0.05) is 58.1 Å². The van der Waals surface area contributed by atoms with Crippen molar-refractivity contribution in [3.63, 3.8) is 0 Å². The summed E-state index contributed by atoms with van der Waals surface area (Å²) in [7, 11) is 1.07. The molecule has 0 amide bonds. The van der Waals surface area contributed by atoms with Crippen LogP contribution in [-0.4, -0.2) is 93.7 Å². The summed E-state index contributed by atoms with van der Waals surface area (Å²) in [4.78, 5) is 9.27. The number of likely N-dealkylation sites (N-methyl/N-ethyl adjacent to an activating group) is 1. The first-order valence-electron chi connectivity index (χ1n) is 11.9. The fourth-order valence-electron chi connectivity index (χ4n) is 4.37. The van der Waals surface area contributed by atoms with E-state index in [0.29, 0.717) is 5.95 Å². The number of aromatic nitrogens is 5. The van der Waals surface area contributed by atoms with Crippen molar-refractivity contribution in [1.82, 2.24) is 38.5 Å². The average molecular weight is 510 g/mol. The number of hydrogen-bond acceptors (Lipinski definition) is 8. The van der Waals surface area contributed by atoms with E-state index in [1.54, 1.807) is 19.4 Å². The van der Waals surface area contributed by atoms with Gasteiger partial charge in [-0.3, -0.25) is 9.58 Å². The quantitative estimate of drug-likeness (QED) is 0.328. The Balaban J connectivity index is 1.31. The molecule has 0 atom stereocenters. The van der Waals surface area contributed by atoms with Gasteiger partial charge in [0.05, 0.1) is 35.8 Å². The van der Waals surface area contributed by atoms with Gasteiger partial charge in [0.25, 0.3) is 0 Å². The second kappa shape index (κ2) is 10.7. The normalized spacial score (nSPS) is 15.3. The predicted molar refractivity (Wildman–Crippen MR) is 140 cm³/mol. The van der Waals surface area contributed by atoms with Gasteiger partial charge in [0.1, 0.15) is 0 Å². The maximum atomic E-state index is 11.4. The zero-order valence-electron chi connectivity index (χ0n) is 20.5. The van der Waals surface area contributed by atoms with Gasteiger partial charge in [-0.15, -0.1) is 5.10 Å². The highest BCUT2D eigenvalue weighted by molar-refractivity contribution is 7.69. The van der Waals surface area contributed by atoms with Gasteiger partial charge < -0.3 is 10.2 Å². The van der Waals surface area contributed by atoms with Crippen molar-refractivity contribution in [1.29, 1.82) is 0 Å². The van der Waals surface area contributed by atoms with E-state index >= 15 is 0 Å². The number of nitrogens with one attached hydrogen (secondary N) is 1. The third-order valence-corrected chi connectivity index (χ3v) is 7.20. The molecule has 1 fully saturated rings. The van der Waals surface area contributed by atoms with Crippen molar-refractivity contribution >= 4 is 28.0 Å². The Bertz CT molecular complexity index is 1400. The van der Waals surface area contributed by atoms with Crippen molar-refractivity contribution in [3.05, 3.63) is 60.6 Å². The number of fused-ring (bicyclic) bond motifs is 1. The van der Waals surface area contributed by atoms with Crippen LogP contribution in [0.5, 0.6) is 0 Å². The molecule has 36 heavy (non-hydrogen) atoms. The van der Waals surface area contributed by atoms with Crippen molar-refractivity contribution in [2.45, 2.75) is 13.1 Å². The topological polar surface area (TPSA) is 104 Å². The summed E-state index contributed by atoms with van der Waals surface area (Å²) >= 11 is 0. The SMILES string of the molecule is CN1CCN(CCn2cc(Nc3ncc4ccc(-c5ccccc5CN(C)[SH](=O)=O)n4n3)cn2)CC1. The Morgan fingerprint density at radius 3 is 2.64 bits per heavy atom. The fourth-order valence-corrected chi connectivity index (χ4v) is 4.64. The highest BCUT2D eigenvalue weighted by atomic mass is 32.2. The maximum Gasteiger partial charge on any atom is 0.245 e. The zero-order valence-corrected chi connectivity index (χ0v) is 21.4. The van der Waals surface area contributed by atoms with E-state index in [4.69, 9.17) is 5.10 Å². The van der Waals surface area contributed by atoms with Gasteiger partial charge >= 0.3 is 0 Å². The van der Waals surface area contributed by atoms with E-state index in [2.05, 4.69) is 32.2 Å². The number of piperazine rings is 1. The first-order valence-corrected chi connectivity index (χ1v) is 13.1. The van der Waals surface area contributed by atoms with Gasteiger partial charge in [-0.1, -0.05) is 24.3 Å². The van der Waals surface area contributed by atoms with Gasteiger partial charge in [0.2, 0.25) is 16.8 Å². The molecule has 0 aliphatic carbocycles. The van der Waals surface area contributed by atoms with Gasteiger partial charge in [-0.05, 0) is 24.7 Å². The summed E-state index contributed by atoms with van der Waals surface area (Å²) in [5.74, 6) is 0.454. The highest BCUT2D eigenvalue weighted by Gasteiger charge is 2.15. The summed E-state index contributed by atoms with van der Waals surface area (Å²) in [6.07, 6.45) is 5.51. The van der Waals surface area contributed by atoms with Crippen LogP contribution >= 0.6 is 0 Å². The lowest BCUT2D eigenvalue weighted by atomic mass is 10.0. The van der Waals surface area contributed by atoms with Crippen molar-refractivity contribution < 1.29 is 8.42 Å². The molecule has 1 saturated heterocycles. The second-order valence-electron chi connectivity index (χ2n) is 9.11. The fraction of sp³-hybridized carbons (Fsp3) is 0.375. The molecule has 1 N–H and O–H groups in total. The van der Waals surface area contributed by atoms with Crippen LogP contribution < -0.4 is 5.32 Å². The van der Waals surface area contributed by atoms with Crippen LogP contribution in [0.15, 0.2) is 55.0 Å². The molecule has 190 valence electrons. The molecule has 4 heterocycles. The molecule has 1 aromatic carbocycles. The van der Waals surface area contributed by atoms with Crippen LogP contribution in [0.3, 0.4) is 0 Å². The summed E-state index contributed by atoms with van der Waals surface area (Å²) in [6, 6.07) is 11.7. The first-order chi connectivity index (χ1) is 17.5. The van der Waals surface area contributed by atoms with Crippen molar-refractivity contribution in [3.8, 4) is 11.3 Å². The minimum Gasteiger partial charge on any atom is -0.320 e. The van der Waals surface area contributed by atoms with E-state index < -0.39 is 10.9 Å². The Kier molecular flexibility index (Phi) is 7.28. The third-order valence-electron chi connectivity index (χ3n) is 6.50. The number of thiol groups is 1. The second-order valence-corrected chi connectivity index (χ2v) is 10.3. The molecule has 12 heteroatoms. The molecule has 0 radical (unpaired) electrons. The summed E-state index contributed by atoms with van der Waals surface area (Å²) in [5.41, 5.74) is 4.35. The Labute approximate surface area is 212 Å². The molecule has 4 aromatic rings. The van der Waals surface area contributed by atoms with Crippen molar-refractivity contribution in [2.24, 2.45) is 0 Å². The largest absolute Gasteiger partial charge is 0.320 e. The van der Waals surface area contributed by atoms with Crippen LogP contribution in [-0.2, 0) is 24.0 Å². The summed E-state index contributed by atoms with van der Waals surface area (Å²) in [5, 5.41) is 12.4. The Morgan fingerprint density at radius 1 is 1.03 bits per heavy atom. The highest BCUT2D eigenvalue weighted by Crippen LogP contribution is 2.27. The van der Waals surface area contributed by atoms with Crippen LogP contribution in [0.4, 0.5) is 11.6 Å². The summed E-state index contributed by atoms with van der Waals surface area (Å²) < 4.78 is 27.8. The smallest absolute Gasteiger partial charge is 0.245 e. The monoisotopic (exact) mass is 509 g/mol. The molecule has 0 spiro atoms. The number of benzene rings is 1. The van der Waals surface area contributed by atoms with E-state index in [1.807, 2.05) is 51.8 Å². The number of hydrogen-bond donors (Lipinski definition) is 2. The molecular formula is C24H31N9O2S. The average Bonchev–Trinajstić information content (AvgIpc) is 3.50. The molecule has 5 rings (SSSR count). The lowest BCUT2D eigenvalue weighted by molar-refractivity contribution is 0.149. The Hall–Kier alpha value is -3.32. The van der Waals surface area contributed by atoms with E-state index in [0.717, 1.165) is 67.3 Å². The maximum absolute atomic E-state index is 11.4. The van der Waals surface area contributed by atoms with Crippen LogP contribution in [0.1, 0.15) is 5.56 Å². The predicted octanol–water partition coefficient (Wildman–Crippen LogP) is 1.54. The summed E-state index contributed by atoms with van der Waals surface area (Å²) in [6.45, 7) is 6.47. The minimum absolute atomic E-state index is 0.283. The standard InChI is InChI=1S/C24H31N9O2S/c1-29-9-11-31(12-10-29)13-14-32-18-20(15-26-32)27-24-25-16-21-7-8-23(33(21)28-24)22-6-4-3-5-19(22)17-30(2)36(34)35/h3-8,15-16,18,36H,9-14,17H2,1-2H3,(H,27,28). The first kappa shape index (κ1) is 24.4. The molecular weight excluding hydrogens is 478 g/mol. The van der Waals surface area contributed by atoms with Crippen LogP contribution in [0.2, 0.25) is 0 Å². The van der Waals surface area contributed by atoms with Crippen molar-refractivity contribution in [2.75, 3.05) is 52.1 Å². The molecule has 0 bridgehead atoms. The third kappa shape index (κ3) is 5.57. The minimum atomic E-state index is -2.65. The Morgan fingerprint density at radius 2 is 1.83 bits per heavy atom. The number of rotatable bonds is 9. The van der Waals surface area contributed by atoms with Gasteiger partial charge in [0.15, 0.2) is 0 Å². The lowest BCUT2D eigenvalue weighted by Gasteiger charge is -2.32. The van der Waals surface area contributed by atoms with Gasteiger partial charge in [-0.25, -0.2) is 22.2 Å². The van der Waals surface area contributed by atoms with Crippen LogP contribution in [0.25, 0.3) is 16.8 Å². The zero-order chi connectivity index (χ0) is 25.1. The molecule has 1 aliphatic rings. The molecule has 11 nitrogen and oxygen atoms in total. The van der Waals surface area contributed by atoms with Crippen LogP contribution in [0, 0.1) is 0 Å². The van der Waals surface area contributed by atoms with E-state index in [-0.39, 0.29) is 6.54 Å². The van der Waals surface area contributed by atoms with Gasteiger partial charge in [-0.2, -0.15) is 5.10 Å². The number of anilines is 2. The molecule has 0 unspecified atom stereocenters. The number of nitrogens with zero attached hydrogens (tertiary/aromatic N) is 8. The van der Waals surface area contributed by atoms with E-state index in [1.165, 1.54) is 4.31 Å². The van der Waals surface area contributed by atoms with E-state index in [9.17, 15) is 8.42 Å². The lowest BCUT2D eigenvalue weighted by Crippen LogP contribution is -2.45. The molecule has 0 saturated carbocycles. The molecule has 3 aromatic heterocycles. The molecule has 1 aliphatic heterocycles.